The summed E-state index contributed by atoms with van der Waals surface area (Å²) in [4.78, 5) is 2.36. The van der Waals surface area contributed by atoms with Crippen LogP contribution in [0.15, 0.2) is 0 Å². The third-order valence-corrected chi connectivity index (χ3v) is 2.19. The van der Waals surface area contributed by atoms with Crippen molar-refractivity contribution in [3.05, 3.63) is 0 Å². The summed E-state index contributed by atoms with van der Waals surface area (Å²) in [6.45, 7) is 6.17. The molecule has 60 valence electrons. The summed E-state index contributed by atoms with van der Waals surface area (Å²) in [6, 6.07) is 0. The van der Waals surface area contributed by atoms with Crippen LogP contribution in [-0.4, -0.2) is 43.1 Å². The third-order valence-electron chi connectivity index (χ3n) is 1.84. The molecule has 2 nitrogen and oxygen atoms in total. The summed E-state index contributed by atoms with van der Waals surface area (Å²) in [6.07, 6.45) is 0.260. The lowest BCUT2D eigenvalue weighted by Gasteiger charge is -2.30. The van der Waals surface area contributed by atoms with Gasteiger partial charge in [0, 0.05) is 19.0 Å². The summed E-state index contributed by atoms with van der Waals surface area (Å²) < 4.78 is 5.39. The number of hydrogen-bond acceptors (Lipinski definition) is 2. The quantitative estimate of drug-likeness (QED) is 0.562. The first kappa shape index (κ1) is 8.31. The summed E-state index contributed by atoms with van der Waals surface area (Å²) in [5, 5.41) is 0. The molecule has 0 N–H and O–H groups in total. The lowest BCUT2D eigenvalue weighted by atomic mass is 10.3. The maximum Gasteiger partial charge on any atom is 0.0837 e. The second kappa shape index (κ2) is 4.16. The molecule has 0 amide bonds. The van der Waals surface area contributed by atoms with Gasteiger partial charge >= 0.3 is 0 Å². The average molecular weight is 164 g/mol. The van der Waals surface area contributed by atoms with Gasteiger partial charge in [0.2, 0.25) is 0 Å². The molecule has 1 fully saturated rings. The van der Waals surface area contributed by atoms with Crippen LogP contribution in [0.2, 0.25) is 0 Å². The molecule has 10 heavy (non-hydrogen) atoms. The maximum atomic E-state index is 5.65. The van der Waals surface area contributed by atoms with Gasteiger partial charge in [-0.25, -0.2) is 0 Å². The number of hydrogen-bond donors (Lipinski definition) is 0. The lowest BCUT2D eigenvalue weighted by Crippen LogP contribution is -2.42. The van der Waals surface area contributed by atoms with E-state index in [1.807, 2.05) is 0 Å². The van der Waals surface area contributed by atoms with Crippen LogP contribution < -0.4 is 0 Å². The molecule has 1 saturated heterocycles. The Bertz CT molecular complexity index is 89.6. The lowest BCUT2D eigenvalue weighted by molar-refractivity contribution is -0.0144. The summed E-state index contributed by atoms with van der Waals surface area (Å²) >= 11 is 5.65. The average Bonchev–Trinajstić information content (AvgIpc) is 2.05. The Kier molecular flexibility index (Phi) is 3.46. The van der Waals surface area contributed by atoms with E-state index in [1.165, 1.54) is 0 Å². The molecular formula is C7H14ClNO. The number of ether oxygens (including phenoxy) is 1. The molecule has 1 atom stereocenters. The highest BCUT2D eigenvalue weighted by atomic mass is 35.5. The van der Waals surface area contributed by atoms with E-state index in [0.717, 1.165) is 26.2 Å². The number of nitrogens with zero attached hydrogens (tertiary/aromatic N) is 1. The van der Waals surface area contributed by atoms with E-state index in [1.54, 1.807) is 0 Å². The van der Waals surface area contributed by atoms with Crippen molar-refractivity contribution < 1.29 is 4.74 Å². The van der Waals surface area contributed by atoms with Crippen molar-refractivity contribution in [3.63, 3.8) is 0 Å². The molecule has 1 heterocycles. The largest absolute Gasteiger partial charge is 0.374 e. The third kappa shape index (κ3) is 2.11. The van der Waals surface area contributed by atoms with Gasteiger partial charge in [0.1, 0.15) is 0 Å². The Morgan fingerprint density at radius 3 is 3.10 bits per heavy atom. The van der Waals surface area contributed by atoms with Crippen molar-refractivity contribution in [1.82, 2.24) is 4.90 Å². The predicted octanol–water partition coefficient (Wildman–Crippen LogP) is 0.946. The Labute approximate surface area is 67.1 Å². The Morgan fingerprint density at radius 2 is 2.50 bits per heavy atom. The van der Waals surface area contributed by atoms with Crippen molar-refractivity contribution in [3.8, 4) is 0 Å². The first-order valence-electron chi connectivity index (χ1n) is 3.76. The van der Waals surface area contributed by atoms with Gasteiger partial charge in [-0.05, 0) is 6.54 Å². The van der Waals surface area contributed by atoms with Crippen molar-refractivity contribution >= 4 is 11.6 Å². The highest BCUT2D eigenvalue weighted by molar-refractivity contribution is 6.18. The summed E-state index contributed by atoms with van der Waals surface area (Å²) in [5.41, 5.74) is 0. The van der Waals surface area contributed by atoms with E-state index >= 15 is 0 Å². The SMILES string of the molecule is CCN1CCOC(CCl)C1. The molecule has 0 spiro atoms. The van der Waals surface area contributed by atoms with Gasteiger partial charge in [-0.3, -0.25) is 4.90 Å². The first-order chi connectivity index (χ1) is 4.86. The number of likely N-dealkylation sites (N-methyl/N-ethyl adjacent to an activating group) is 1. The molecule has 0 radical (unpaired) electrons. The predicted molar refractivity (Wildman–Crippen MR) is 42.6 cm³/mol. The molecule has 1 aliphatic rings. The fourth-order valence-electron chi connectivity index (χ4n) is 1.16. The van der Waals surface area contributed by atoms with Gasteiger partial charge in [-0.1, -0.05) is 6.92 Å². The molecule has 1 rings (SSSR count). The number of halogens is 1. The van der Waals surface area contributed by atoms with Crippen LogP contribution >= 0.6 is 11.6 Å². The Morgan fingerprint density at radius 1 is 1.70 bits per heavy atom. The Hall–Kier alpha value is 0.210. The topological polar surface area (TPSA) is 12.5 Å². The van der Waals surface area contributed by atoms with Crippen LogP contribution in [0.5, 0.6) is 0 Å². The molecule has 3 heteroatoms. The minimum absolute atomic E-state index is 0.260. The molecule has 0 saturated carbocycles. The van der Waals surface area contributed by atoms with Crippen molar-refractivity contribution in [2.45, 2.75) is 13.0 Å². The minimum Gasteiger partial charge on any atom is -0.374 e. The van der Waals surface area contributed by atoms with E-state index in [2.05, 4.69) is 11.8 Å². The van der Waals surface area contributed by atoms with E-state index in [0.29, 0.717) is 5.88 Å². The van der Waals surface area contributed by atoms with Gasteiger partial charge in [-0.15, -0.1) is 11.6 Å². The number of rotatable bonds is 2. The molecule has 1 unspecified atom stereocenters. The zero-order chi connectivity index (χ0) is 7.40. The molecule has 0 aromatic carbocycles. The van der Waals surface area contributed by atoms with Crippen LogP contribution in [0.3, 0.4) is 0 Å². The van der Waals surface area contributed by atoms with Crippen LogP contribution in [-0.2, 0) is 4.74 Å². The van der Waals surface area contributed by atoms with Gasteiger partial charge in [0.25, 0.3) is 0 Å². The monoisotopic (exact) mass is 163 g/mol. The van der Waals surface area contributed by atoms with Crippen LogP contribution in [0.4, 0.5) is 0 Å². The zero-order valence-electron chi connectivity index (χ0n) is 6.35. The van der Waals surface area contributed by atoms with E-state index in [9.17, 15) is 0 Å². The minimum atomic E-state index is 0.260. The summed E-state index contributed by atoms with van der Waals surface area (Å²) in [7, 11) is 0. The van der Waals surface area contributed by atoms with E-state index in [4.69, 9.17) is 16.3 Å². The standard InChI is InChI=1S/C7H14ClNO/c1-2-9-3-4-10-7(5-8)6-9/h7H,2-6H2,1H3. The molecule has 0 aromatic heterocycles. The normalized spacial score (nSPS) is 28.8. The highest BCUT2D eigenvalue weighted by Crippen LogP contribution is 2.05. The fourth-order valence-corrected chi connectivity index (χ4v) is 1.35. The molecule has 1 aliphatic heterocycles. The highest BCUT2D eigenvalue weighted by Gasteiger charge is 2.17. The van der Waals surface area contributed by atoms with Crippen molar-refractivity contribution in [2.75, 3.05) is 32.1 Å². The van der Waals surface area contributed by atoms with Crippen LogP contribution in [0.25, 0.3) is 0 Å². The van der Waals surface area contributed by atoms with Gasteiger partial charge < -0.3 is 4.74 Å². The molecular weight excluding hydrogens is 150 g/mol. The van der Waals surface area contributed by atoms with Gasteiger partial charge in [-0.2, -0.15) is 0 Å². The van der Waals surface area contributed by atoms with Gasteiger partial charge in [0.15, 0.2) is 0 Å². The fraction of sp³-hybridized carbons (Fsp3) is 1.00. The number of alkyl halides is 1. The molecule has 0 aromatic rings. The second-order valence-electron chi connectivity index (χ2n) is 2.54. The van der Waals surface area contributed by atoms with E-state index < -0.39 is 0 Å². The van der Waals surface area contributed by atoms with E-state index in [-0.39, 0.29) is 6.10 Å². The summed E-state index contributed by atoms with van der Waals surface area (Å²) in [5.74, 6) is 0.622. The number of morpholine rings is 1. The van der Waals surface area contributed by atoms with Crippen LogP contribution in [0.1, 0.15) is 6.92 Å². The van der Waals surface area contributed by atoms with Crippen molar-refractivity contribution in [2.24, 2.45) is 0 Å². The first-order valence-corrected chi connectivity index (χ1v) is 4.30. The maximum absolute atomic E-state index is 5.65. The molecule has 0 bridgehead atoms. The Balaban J connectivity index is 2.25. The van der Waals surface area contributed by atoms with Crippen molar-refractivity contribution in [1.29, 1.82) is 0 Å². The second-order valence-corrected chi connectivity index (χ2v) is 2.85. The zero-order valence-corrected chi connectivity index (χ0v) is 7.10. The molecule has 0 aliphatic carbocycles. The smallest absolute Gasteiger partial charge is 0.0837 e. The van der Waals surface area contributed by atoms with Gasteiger partial charge in [0.05, 0.1) is 12.7 Å². The van der Waals surface area contributed by atoms with Crippen LogP contribution in [0, 0.1) is 0 Å².